The van der Waals surface area contributed by atoms with Gasteiger partial charge in [-0.25, -0.2) is 0 Å². The fourth-order valence-electron chi connectivity index (χ4n) is 2.38. The molecule has 1 aliphatic rings. The first-order chi connectivity index (χ1) is 8.15. The summed E-state index contributed by atoms with van der Waals surface area (Å²) in [5, 5.41) is 0. The second-order valence-corrected chi connectivity index (χ2v) is 6.06. The molecule has 1 saturated heterocycles. The smallest absolute Gasteiger partial charge is 0.0175 e. The Morgan fingerprint density at radius 2 is 2.00 bits per heavy atom. The van der Waals surface area contributed by atoms with E-state index in [9.17, 15) is 0 Å². The Hall–Kier alpha value is -0.380. The van der Waals surface area contributed by atoms with Gasteiger partial charge in [0.1, 0.15) is 0 Å². The molecule has 0 bridgehead atoms. The molecule has 0 spiro atoms. The number of hydrogen-bond acceptors (Lipinski definition) is 2. The van der Waals surface area contributed by atoms with Crippen LogP contribution in [0.1, 0.15) is 17.9 Å². The van der Waals surface area contributed by atoms with Crippen molar-refractivity contribution in [2.45, 2.75) is 12.3 Å². The van der Waals surface area contributed by atoms with Crippen LogP contribution >= 0.6 is 15.9 Å². The largest absolute Gasteiger partial charge is 0.308 e. The summed E-state index contributed by atoms with van der Waals surface area (Å²) in [6.07, 6.45) is 1.30. The van der Waals surface area contributed by atoms with Gasteiger partial charge in [0, 0.05) is 24.1 Å². The van der Waals surface area contributed by atoms with E-state index in [0.717, 1.165) is 12.5 Å². The summed E-state index contributed by atoms with van der Waals surface area (Å²) in [6.45, 7) is 4.82. The van der Waals surface area contributed by atoms with Crippen molar-refractivity contribution in [1.29, 1.82) is 0 Å². The Kier molecular flexibility index (Phi) is 4.60. The van der Waals surface area contributed by atoms with Gasteiger partial charge in [-0.1, -0.05) is 28.1 Å². The number of likely N-dealkylation sites (N-methyl/N-ethyl adjacent to an activating group) is 1. The number of likely N-dealkylation sites (tertiary alicyclic amines) is 1. The molecule has 1 heterocycles. The van der Waals surface area contributed by atoms with Crippen LogP contribution in [0, 0.1) is 0 Å². The van der Waals surface area contributed by atoms with Gasteiger partial charge in [-0.2, -0.15) is 0 Å². The van der Waals surface area contributed by atoms with Crippen LogP contribution < -0.4 is 0 Å². The van der Waals surface area contributed by atoms with Crippen molar-refractivity contribution in [2.24, 2.45) is 0 Å². The number of nitrogens with zero attached hydrogens (tertiary/aromatic N) is 2. The summed E-state index contributed by atoms with van der Waals surface area (Å²) in [7, 11) is 4.28. The highest BCUT2D eigenvalue weighted by atomic mass is 79.9. The van der Waals surface area contributed by atoms with Crippen molar-refractivity contribution in [1.82, 2.24) is 9.80 Å². The molecule has 94 valence electrons. The molecular weight excluding hydrogens is 276 g/mol. The van der Waals surface area contributed by atoms with Gasteiger partial charge in [-0.3, -0.25) is 0 Å². The van der Waals surface area contributed by atoms with Gasteiger partial charge in [-0.15, -0.1) is 0 Å². The monoisotopic (exact) mass is 296 g/mol. The number of benzene rings is 1. The summed E-state index contributed by atoms with van der Waals surface area (Å²) < 4.78 is 1.17. The third-order valence-electron chi connectivity index (χ3n) is 3.48. The topological polar surface area (TPSA) is 6.48 Å². The summed E-state index contributed by atoms with van der Waals surface area (Å²) in [4.78, 5) is 4.83. The molecule has 2 nitrogen and oxygen atoms in total. The third kappa shape index (κ3) is 3.80. The van der Waals surface area contributed by atoms with E-state index >= 15 is 0 Å². The molecule has 1 aliphatic heterocycles. The summed E-state index contributed by atoms with van der Waals surface area (Å²) >= 11 is 3.49. The summed E-state index contributed by atoms with van der Waals surface area (Å²) in [5.41, 5.74) is 1.49. The SMILES string of the molecule is CN(C)CCN1CCC(c2ccc(Br)cc2)C1. The fraction of sp³-hybridized carbons (Fsp3) is 0.571. The van der Waals surface area contributed by atoms with E-state index in [-0.39, 0.29) is 0 Å². The third-order valence-corrected chi connectivity index (χ3v) is 4.01. The molecule has 1 aromatic carbocycles. The maximum absolute atomic E-state index is 3.49. The first-order valence-corrected chi connectivity index (χ1v) is 7.07. The molecule has 3 heteroatoms. The van der Waals surface area contributed by atoms with Crippen LogP contribution in [0.2, 0.25) is 0 Å². The second kappa shape index (κ2) is 5.98. The van der Waals surface area contributed by atoms with Crippen LogP contribution in [-0.2, 0) is 0 Å². The normalized spacial score (nSPS) is 21.3. The lowest BCUT2D eigenvalue weighted by atomic mass is 9.99. The van der Waals surface area contributed by atoms with Gasteiger partial charge in [-0.05, 0) is 50.7 Å². The molecule has 0 amide bonds. The van der Waals surface area contributed by atoms with Gasteiger partial charge in [0.25, 0.3) is 0 Å². The maximum Gasteiger partial charge on any atom is 0.0175 e. The molecule has 1 unspecified atom stereocenters. The predicted molar refractivity (Wildman–Crippen MR) is 76.5 cm³/mol. The van der Waals surface area contributed by atoms with Gasteiger partial charge >= 0.3 is 0 Å². The molecular formula is C14H21BrN2. The molecule has 1 atom stereocenters. The van der Waals surface area contributed by atoms with Crippen molar-refractivity contribution in [3.63, 3.8) is 0 Å². The van der Waals surface area contributed by atoms with Crippen LogP contribution in [0.5, 0.6) is 0 Å². The number of hydrogen-bond donors (Lipinski definition) is 0. The summed E-state index contributed by atoms with van der Waals surface area (Å²) in [6, 6.07) is 8.81. The van der Waals surface area contributed by atoms with Crippen LogP contribution in [0.25, 0.3) is 0 Å². The Labute approximate surface area is 113 Å². The standard InChI is InChI=1S/C14H21BrN2/c1-16(2)9-10-17-8-7-13(11-17)12-3-5-14(15)6-4-12/h3-6,13H,7-11H2,1-2H3. The van der Waals surface area contributed by atoms with Crippen LogP contribution in [0.4, 0.5) is 0 Å². The molecule has 17 heavy (non-hydrogen) atoms. The molecule has 0 radical (unpaired) electrons. The van der Waals surface area contributed by atoms with Crippen molar-refractivity contribution >= 4 is 15.9 Å². The first-order valence-electron chi connectivity index (χ1n) is 6.27. The number of rotatable bonds is 4. The highest BCUT2D eigenvalue weighted by Gasteiger charge is 2.23. The Morgan fingerprint density at radius 1 is 1.29 bits per heavy atom. The first kappa shape index (κ1) is 13.1. The lowest BCUT2D eigenvalue weighted by Crippen LogP contribution is -2.29. The van der Waals surface area contributed by atoms with Crippen molar-refractivity contribution in [3.8, 4) is 0 Å². The van der Waals surface area contributed by atoms with E-state index in [1.165, 1.54) is 36.1 Å². The van der Waals surface area contributed by atoms with E-state index in [4.69, 9.17) is 0 Å². The average molecular weight is 297 g/mol. The Morgan fingerprint density at radius 3 is 2.65 bits per heavy atom. The molecule has 0 aromatic heterocycles. The van der Waals surface area contributed by atoms with Crippen LogP contribution in [-0.4, -0.2) is 50.1 Å². The van der Waals surface area contributed by atoms with Gasteiger partial charge in [0.05, 0.1) is 0 Å². The van der Waals surface area contributed by atoms with Crippen LogP contribution in [0.3, 0.4) is 0 Å². The molecule has 2 rings (SSSR count). The van der Waals surface area contributed by atoms with Crippen LogP contribution in [0.15, 0.2) is 28.7 Å². The van der Waals surface area contributed by atoms with Gasteiger partial charge in [0.15, 0.2) is 0 Å². The van der Waals surface area contributed by atoms with E-state index < -0.39 is 0 Å². The number of halogens is 1. The maximum atomic E-state index is 3.49. The van der Waals surface area contributed by atoms with Crippen molar-refractivity contribution in [2.75, 3.05) is 40.3 Å². The highest BCUT2D eigenvalue weighted by molar-refractivity contribution is 9.10. The van der Waals surface area contributed by atoms with E-state index in [1.807, 2.05) is 0 Å². The molecule has 0 N–H and O–H groups in total. The fourth-order valence-corrected chi connectivity index (χ4v) is 2.65. The molecule has 0 saturated carbocycles. The predicted octanol–water partition coefficient (Wildman–Crippen LogP) is 2.80. The highest BCUT2D eigenvalue weighted by Crippen LogP contribution is 2.27. The van der Waals surface area contributed by atoms with E-state index in [1.54, 1.807) is 0 Å². The zero-order valence-electron chi connectivity index (χ0n) is 10.7. The zero-order valence-corrected chi connectivity index (χ0v) is 12.3. The minimum atomic E-state index is 0.727. The zero-order chi connectivity index (χ0) is 12.3. The van der Waals surface area contributed by atoms with Gasteiger partial charge < -0.3 is 9.80 Å². The second-order valence-electron chi connectivity index (χ2n) is 5.14. The molecule has 1 aromatic rings. The Bertz CT molecular complexity index is 348. The quantitative estimate of drug-likeness (QED) is 0.843. The lowest BCUT2D eigenvalue weighted by molar-refractivity contribution is 0.281. The summed E-state index contributed by atoms with van der Waals surface area (Å²) in [5.74, 6) is 0.727. The van der Waals surface area contributed by atoms with Crippen molar-refractivity contribution in [3.05, 3.63) is 34.3 Å². The van der Waals surface area contributed by atoms with Gasteiger partial charge in [0.2, 0.25) is 0 Å². The van der Waals surface area contributed by atoms with E-state index in [2.05, 4.69) is 64.1 Å². The molecule has 0 aliphatic carbocycles. The van der Waals surface area contributed by atoms with Crippen molar-refractivity contribution < 1.29 is 0 Å². The minimum absolute atomic E-state index is 0.727. The molecule has 1 fully saturated rings. The lowest BCUT2D eigenvalue weighted by Gasteiger charge is -2.18. The average Bonchev–Trinajstić information content (AvgIpc) is 2.76. The Balaban J connectivity index is 1.87. The van der Waals surface area contributed by atoms with E-state index in [0.29, 0.717) is 0 Å². The minimum Gasteiger partial charge on any atom is -0.308 e.